The molecule has 3 aliphatic rings. The Hall–Kier alpha value is -6.60. The highest BCUT2D eigenvalue weighted by Crippen LogP contribution is 2.27. The predicted molar refractivity (Wildman–Crippen MR) is 255 cm³/mol. The molecule has 0 saturated carbocycles. The lowest BCUT2D eigenvalue weighted by atomic mass is 10.0. The fourth-order valence-corrected chi connectivity index (χ4v) is 8.48. The smallest absolute Gasteiger partial charge is 0.305 e. The summed E-state index contributed by atoms with van der Waals surface area (Å²) in [5.74, 6) is -10.6. The van der Waals surface area contributed by atoms with Crippen LogP contribution in [0.3, 0.4) is 0 Å². The van der Waals surface area contributed by atoms with Gasteiger partial charge >= 0.3 is 5.97 Å². The molecule has 26 nitrogen and oxygen atoms in total. The Balaban J connectivity index is 2.07. The molecule has 0 unspecified atom stereocenters. The van der Waals surface area contributed by atoms with E-state index in [0.29, 0.717) is 12.8 Å². The molecule has 0 aromatic heterocycles. The Bertz CT molecular complexity index is 2010. The van der Waals surface area contributed by atoms with Crippen molar-refractivity contribution in [3.8, 4) is 0 Å². The van der Waals surface area contributed by atoms with Gasteiger partial charge in [-0.3, -0.25) is 57.7 Å². The van der Waals surface area contributed by atoms with E-state index in [9.17, 15) is 63.0 Å². The van der Waals surface area contributed by atoms with Gasteiger partial charge in [0.15, 0.2) is 5.96 Å². The Labute approximate surface area is 413 Å². The first-order chi connectivity index (χ1) is 33.2. The highest BCUT2D eigenvalue weighted by atomic mass is 16.4. The van der Waals surface area contributed by atoms with Crippen LogP contribution in [0.2, 0.25) is 0 Å². The molecule has 3 rings (SSSR count). The van der Waals surface area contributed by atoms with Crippen molar-refractivity contribution in [2.75, 3.05) is 19.6 Å². The molecule has 26 heteroatoms. The van der Waals surface area contributed by atoms with E-state index in [1.807, 2.05) is 0 Å². The van der Waals surface area contributed by atoms with Crippen LogP contribution in [0.5, 0.6) is 0 Å². The highest BCUT2D eigenvalue weighted by Gasteiger charge is 2.45. The summed E-state index contributed by atoms with van der Waals surface area (Å²) in [7, 11) is 0. The van der Waals surface area contributed by atoms with Gasteiger partial charge in [-0.25, -0.2) is 0 Å². The Morgan fingerprint density at radius 1 is 0.577 bits per heavy atom. The fourth-order valence-electron chi connectivity index (χ4n) is 8.48. The lowest BCUT2D eigenvalue weighted by Gasteiger charge is -2.34. The van der Waals surface area contributed by atoms with Crippen molar-refractivity contribution in [3.63, 3.8) is 0 Å². The number of carboxylic acids is 1. The third-order valence-electron chi connectivity index (χ3n) is 12.2. The van der Waals surface area contributed by atoms with E-state index in [0.717, 1.165) is 6.92 Å². The number of carboxylic acid groups (broad SMARTS) is 1. The van der Waals surface area contributed by atoms with E-state index in [1.54, 1.807) is 27.7 Å². The van der Waals surface area contributed by atoms with Crippen LogP contribution in [0, 0.1) is 11.8 Å². The zero-order valence-electron chi connectivity index (χ0n) is 41.9. The maximum Gasteiger partial charge on any atom is 0.305 e. The van der Waals surface area contributed by atoms with Crippen LogP contribution in [0.15, 0.2) is 4.99 Å². The number of aliphatic hydroxyl groups is 1. The summed E-state index contributed by atoms with van der Waals surface area (Å²) in [4.78, 5) is 157. The number of hydrogen-bond donors (Lipinski definition) is 12. The van der Waals surface area contributed by atoms with Crippen LogP contribution < -0.4 is 54.0 Å². The molecule has 0 radical (unpaired) electrons. The second-order valence-corrected chi connectivity index (χ2v) is 19.3. The second kappa shape index (κ2) is 27.1. The molecule has 0 aliphatic carbocycles. The molecule has 71 heavy (non-hydrogen) atoms. The van der Waals surface area contributed by atoms with Crippen molar-refractivity contribution >= 4 is 71.0 Å². The summed E-state index contributed by atoms with van der Waals surface area (Å²) in [6, 6.07) is -13.5. The molecular formula is C45H75N13O13. The monoisotopic (exact) mass is 1010 g/mol. The largest absolute Gasteiger partial charge is 0.481 e. The predicted octanol–water partition coefficient (Wildman–Crippen LogP) is -4.08. The minimum Gasteiger partial charge on any atom is -0.481 e. The molecule has 14 N–H and O–H groups in total. The van der Waals surface area contributed by atoms with Crippen molar-refractivity contribution in [2.24, 2.45) is 28.3 Å². The maximum absolute atomic E-state index is 14.4. The normalized spacial score (nSPS) is 29.1. The third-order valence-corrected chi connectivity index (χ3v) is 12.2. The number of nitrogens with zero attached hydrogens (tertiary/aromatic N) is 3. The molecule has 0 spiro atoms. The summed E-state index contributed by atoms with van der Waals surface area (Å²) in [6.45, 7) is 12.6. The number of nitrogens with two attached hydrogens (primary N) is 2. The Morgan fingerprint density at radius 3 is 1.55 bits per heavy atom. The molecule has 0 aromatic carbocycles. The SMILES string of the molecule is CC(C)C[C@@H]1NC(=O)[C@H](C)NC(=O)[C@H](C)NC(=O)[C@@H]2CCCN2C(=O)[C@H]2CCCN2C(=O)[C@H](CC(C)C)NC(=O)[C@H](CC(=O)O)NC(=O)[C@H]([C@@H](C)O)NC(=O)[C@H](CCCN=C(N)N)NC(=O)[C@H](C)NC1=O. The molecule has 0 aromatic rings. The molecule has 11 atom stereocenters. The van der Waals surface area contributed by atoms with Gasteiger partial charge in [0.2, 0.25) is 59.1 Å². The van der Waals surface area contributed by atoms with Gasteiger partial charge in [0.05, 0.1) is 12.5 Å². The number of carbonyl (C=O) groups is 11. The van der Waals surface area contributed by atoms with Crippen LogP contribution in [-0.4, -0.2) is 177 Å². The van der Waals surface area contributed by atoms with Gasteiger partial charge < -0.3 is 74.0 Å². The van der Waals surface area contributed by atoms with Gasteiger partial charge in [0, 0.05) is 19.6 Å². The van der Waals surface area contributed by atoms with Crippen LogP contribution in [0.4, 0.5) is 0 Å². The standard InChI is InChI=1S/C45H75N13O13/c1-21(2)18-28-39(66)50-25(7)36(63)52-27(12-9-15-48-45(46)47)38(65)56-34(26(8)59)42(69)54-29(20-33(60)61)40(67)55-30(19-22(3)4)43(70)58-17-11-14-32(58)44(71)57-16-10-13-31(57)41(68)51-23(5)35(62)49-24(6)37(64)53-28/h21-32,34,59H,9-20H2,1-8H3,(H,49,62)(H,50,66)(H,51,68)(H,52,63)(H,53,64)(H,54,69)(H,55,67)(H,56,65)(H,60,61)(H4,46,47,48)/t23-,24-,25-,26+,27-,28-,29-,30-,31-,32+,34-/m0/s1. The number of aliphatic imine (C=N–C) groups is 1. The van der Waals surface area contributed by atoms with Crippen LogP contribution in [0.25, 0.3) is 0 Å². The minimum atomic E-state index is -1.86. The van der Waals surface area contributed by atoms with E-state index >= 15 is 0 Å². The third kappa shape index (κ3) is 17.6. The number of aliphatic carboxylic acids is 1. The molecular weight excluding hydrogens is 931 g/mol. The minimum absolute atomic E-state index is 0.00246. The zero-order chi connectivity index (χ0) is 53.4. The van der Waals surface area contributed by atoms with Crippen molar-refractivity contribution in [1.29, 1.82) is 0 Å². The summed E-state index contributed by atoms with van der Waals surface area (Å²) in [5.41, 5.74) is 10.9. The van der Waals surface area contributed by atoms with Crippen molar-refractivity contribution in [2.45, 2.75) is 180 Å². The molecule has 3 aliphatic heterocycles. The van der Waals surface area contributed by atoms with Crippen LogP contribution >= 0.6 is 0 Å². The molecule has 398 valence electrons. The van der Waals surface area contributed by atoms with E-state index in [2.05, 4.69) is 47.5 Å². The van der Waals surface area contributed by atoms with Crippen molar-refractivity contribution in [3.05, 3.63) is 0 Å². The van der Waals surface area contributed by atoms with Crippen LogP contribution in [0.1, 0.15) is 113 Å². The van der Waals surface area contributed by atoms with Gasteiger partial charge in [-0.1, -0.05) is 27.7 Å². The lowest BCUT2D eigenvalue weighted by molar-refractivity contribution is -0.148. The Kier molecular flexibility index (Phi) is 22.4. The Morgan fingerprint density at radius 2 is 1.01 bits per heavy atom. The summed E-state index contributed by atoms with van der Waals surface area (Å²) in [6.07, 6.45) is -1.33. The molecule has 10 amide bonds. The maximum atomic E-state index is 14.4. The number of nitrogens with one attached hydrogen (secondary N) is 8. The van der Waals surface area contributed by atoms with E-state index in [-0.39, 0.29) is 76.0 Å². The van der Waals surface area contributed by atoms with Gasteiger partial charge in [-0.05, 0) is 90.9 Å². The van der Waals surface area contributed by atoms with E-state index in [1.165, 1.54) is 30.6 Å². The van der Waals surface area contributed by atoms with Gasteiger partial charge in [-0.15, -0.1) is 0 Å². The van der Waals surface area contributed by atoms with E-state index < -0.39 is 138 Å². The van der Waals surface area contributed by atoms with Gasteiger partial charge in [0.1, 0.15) is 60.4 Å². The number of fused-ring (bicyclic) bond motifs is 2. The summed E-state index contributed by atoms with van der Waals surface area (Å²) < 4.78 is 0. The summed E-state index contributed by atoms with van der Waals surface area (Å²) in [5, 5.41) is 40.5. The van der Waals surface area contributed by atoms with Crippen LogP contribution in [-0.2, 0) is 52.7 Å². The van der Waals surface area contributed by atoms with Crippen molar-refractivity contribution < 1.29 is 63.0 Å². The van der Waals surface area contributed by atoms with E-state index in [4.69, 9.17) is 11.5 Å². The van der Waals surface area contributed by atoms with Gasteiger partial charge in [-0.2, -0.15) is 0 Å². The number of rotatable bonds is 11. The molecule has 3 fully saturated rings. The number of carbonyl (C=O) groups excluding carboxylic acids is 10. The molecule has 0 bridgehead atoms. The highest BCUT2D eigenvalue weighted by molar-refractivity contribution is 6.00. The number of guanidine groups is 1. The fraction of sp³-hybridized carbons (Fsp3) is 0.733. The zero-order valence-corrected chi connectivity index (χ0v) is 41.9. The number of hydrogen-bond acceptors (Lipinski definition) is 13. The molecule has 3 saturated heterocycles. The molecule has 3 heterocycles. The quantitative estimate of drug-likeness (QED) is 0.0532. The first-order valence-electron chi connectivity index (χ1n) is 24.2. The average Bonchev–Trinajstić information content (AvgIpc) is 3.98. The lowest BCUT2D eigenvalue weighted by Crippen LogP contribution is -2.62. The van der Waals surface area contributed by atoms with Gasteiger partial charge in [0.25, 0.3) is 0 Å². The summed E-state index contributed by atoms with van der Waals surface area (Å²) >= 11 is 0. The number of amides is 10. The number of aliphatic hydroxyl groups excluding tert-OH is 1. The first kappa shape index (κ1) is 58.7. The second-order valence-electron chi connectivity index (χ2n) is 19.3. The topological polar surface area (TPSA) is 395 Å². The van der Waals surface area contributed by atoms with Crippen molar-refractivity contribution in [1.82, 2.24) is 52.3 Å². The first-order valence-corrected chi connectivity index (χ1v) is 24.2. The average molecular weight is 1010 g/mol.